The summed E-state index contributed by atoms with van der Waals surface area (Å²) in [4.78, 5) is 63.3. The first kappa shape index (κ1) is 37.4. The lowest BCUT2D eigenvalue weighted by Gasteiger charge is -2.51. The Morgan fingerprint density at radius 2 is 1.57 bits per heavy atom. The highest BCUT2D eigenvalue weighted by Crippen LogP contribution is 2.65. The number of carbonyl (C=O) groups is 4. The lowest BCUT2D eigenvalue weighted by molar-refractivity contribution is -0.142. The predicted molar refractivity (Wildman–Crippen MR) is 209 cm³/mol. The molecule has 1 saturated carbocycles. The topological polar surface area (TPSA) is 123 Å². The zero-order valence-corrected chi connectivity index (χ0v) is 31.8. The van der Waals surface area contributed by atoms with Gasteiger partial charge in [-0.25, -0.2) is 4.98 Å². The van der Waals surface area contributed by atoms with Crippen molar-refractivity contribution in [2.75, 3.05) is 17.5 Å². The van der Waals surface area contributed by atoms with E-state index < -0.39 is 76.3 Å². The number of allylic oxidation sites excluding steroid dienone is 2. The highest BCUT2D eigenvalue weighted by molar-refractivity contribution is 6.33. The third-order valence-corrected chi connectivity index (χ3v) is 12.6. The van der Waals surface area contributed by atoms with Crippen molar-refractivity contribution in [2.24, 2.45) is 23.7 Å². The summed E-state index contributed by atoms with van der Waals surface area (Å²) in [7, 11) is 1.25. The van der Waals surface area contributed by atoms with Crippen molar-refractivity contribution < 1.29 is 37.5 Å². The number of phenols is 1. The van der Waals surface area contributed by atoms with Crippen molar-refractivity contribution in [3.05, 3.63) is 142 Å². The molecule has 3 fully saturated rings. The molecule has 0 unspecified atom stereocenters. The molecule has 294 valence electrons. The van der Waals surface area contributed by atoms with Gasteiger partial charge in [-0.15, -0.1) is 0 Å². The molecule has 4 aliphatic rings. The summed E-state index contributed by atoms with van der Waals surface area (Å²) in [6.45, 7) is 1.91. The van der Waals surface area contributed by atoms with Crippen LogP contribution in [0.15, 0.2) is 115 Å². The summed E-state index contributed by atoms with van der Waals surface area (Å²) < 4.78 is 41.3. The van der Waals surface area contributed by atoms with E-state index in [-0.39, 0.29) is 23.6 Å². The number of rotatable bonds is 6. The van der Waals surface area contributed by atoms with Gasteiger partial charge in [0, 0.05) is 18.5 Å². The Kier molecular flexibility index (Phi) is 8.66. The number of alkyl halides is 3. The number of benzene rings is 4. The highest BCUT2D eigenvalue weighted by Gasteiger charge is 2.71. The summed E-state index contributed by atoms with van der Waals surface area (Å²) in [5.41, 5.74) is 3.17. The number of phenolic OH excluding ortho intramolecular Hbond substituents is 1. The number of fused-ring (bicyclic) bond motifs is 5. The number of aryl methyl sites for hydroxylation is 1. The zero-order chi connectivity index (χ0) is 40.8. The van der Waals surface area contributed by atoms with Gasteiger partial charge in [0.1, 0.15) is 11.4 Å². The van der Waals surface area contributed by atoms with Crippen molar-refractivity contribution in [1.29, 1.82) is 0 Å². The van der Waals surface area contributed by atoms with Crippen LogP contribution in [0.4, 0.5) is 24.7 Å². The highest BCUT2D eigenvalue weighted by atomic mass is 35.5. The molecule has 9 rings (SSSR count). The Morgan fingerprint density at radius 3 is 2.29 bits per heavy atom. The van der Waals surface area contributed by atoms with Gasteiger partial charge in [0.25, 0.3) is 23.6 Å². The van der Waals surface area contributed by atoms with Crippen LogP contribution in [0.1, 0.15) is 41.1 Å². The first-order valence-corrected chi connectivity index (χ1v) is 19.1. The molecular weight excluding hydrogens is 771 g/mol. The van der Waals surface area contributed by atoms with Gasteiger partial charge in [0.2, 0.25) is 0 Å². The Bertz CT molecular complexity index is 2580. The van der Waals surface area contributed by atoms with Gasteiger partial charge in [-0.05, 0) is 72.4 Å². The minimum absolute atomic E-state index is 0.0281. The predicted octanol–water partition coefficient (Wildman–Crippen LogP) is 7.96. The van der Waals surface area contributed by atoms with Crippen molar-refractivity contribution in [3.8, 4) is 5.75 Å². The number of amides is 4. The molecule has 14 heteroatoms. The molecule has 2 saturated heterocycles. The van der Waals surface area contributed by atoms with Crippen LogP contribution in [-0.4, -0.2) is 50.8 Å². The summed E-state index contributed by atoms with van der Waals surface area (Å²) in [6, 6.07) is 28.6. The average molecular weight is 806 g/mol. The van der Waals surface area contributed by atoms with Gasteiger partial charge in [-0.2, -0.15) is 23.2 Å². The molecule has 5 aromatic rings. The Labute approximate surface area is 335 Å². The molecule has 0 spiro atoms. The molecule has 4 amide bonds. The SMILES string of the molecule is Cc1ccc(NN2C(=O)[C@@H]3C[C@@H]4C(=CC[C@@H]5C(=O)N(N(C)c6nc(C(F)(F)F)ccc6Cl)C(=O)[C@@H]54)[C@H](c4c(O)ccc5ccccc45)[C@]3(c3ccccc3)C2=O)cc1. The van der Waals surface area contributed by atoms with E-state index in [0.29, 0.717) is 33.8 Å². The fourth-order valence-corrected chi connectivity index (χ4v) is 10.1. The molecule has 0 bridgehead atoms. The van der Waals surface area contributed by atoms with Crippen molar-refractivity contribution in [3.63, 3.8) is 0 Å². The van der Waals surface area contributed by atoms with Crippen LogP contribution < -0.4 is 10.4 Å². The lowest BCUT2D eigenvalue weighted by Crippen LogP contribution is -2.53. The number of hydrazine groups is 2. The normalized spacial score (nSPS) is 25.4. The number of nitrogens with one attached hydrogen (secondary N) is 1. The maximum atomic E-state index is 15.5. The number of pyridine rings is 1. The Balaban J connectivity index is 1.23. The summed E-state index contributed by atoms with van der Waals surface area (Å²) in [5.74, 6) is -7.97. The number of hydrogen-bond donors (Lipinski definition) is 2. The fraction of sp³-hybridized carbons (Fsp3) is 0.250. The van der Waals surface area contributed by atoms with Crippen molar-refractivity contribution in [2.45, 2.75) is 37.3 Å². The maximum absolute atomic E-state index is 15.5. The van der Waals surface area contributed by atoms with Gasteiger partial charge in [-0.1, -0.05) is 102 Å². The first-order chi connectivity index (χ1) is 27.7. The summed E-state index contributed by atoms with van der Waals surface area (Å²) in [5, 5.41) is 15.9. The Hall–Kier alpha value is -6.21. The van der Waals surface area contributed by atoms with Crippen LogP contribution in [0.5, 0.6) is 5.75 Å². The van der Waals surface area contributed by atoms with E-state index in [4.69, 9.17) is 11.6 Å². The van der Waals surface area contributed by atoms with E-state index in [2.05, 4.69) is 10.4 Å². The van der Waals surface area contributed by atoms with E-state index in [1.54, 1.807) is 54.6 Å². The van der Waals surface area contributed by atoms with Crippen LogP contribution in [0.25, 0.3) is 10.8 Å². The lowest BCUT2D eigenvalue weighted by atomic mass is 9.48. The van der Waals surface area contributed by atoms with Crippen LogP contribution in [0.3, 0.4) is 0 Å². The molecule has 2 aliphatic carbocycles. The standard InChI is InChI=1S/C44H35ClF3N5O5/c1-23-12-15-26(16-13-23)50-52-40(56)31-22-30-28(17-18-29-35(30)41(57)53(39(29)55)51(2)38-32(45)19-21-34(49-38)44(46,47)48)37(43(31,42(52)58)25-9-4-3-5-10-25)36-27-11-7-6-8-24(27)14-20-33(36)54/h3-17,19-21,29-31,35,37,50,54H,18,22H2,1-2H3/t29-,30+,31-,35-,37+,43+/m0/s1. The van der Waals surface area contributed by atoms with Gasteiger partial charge < -0.3 is 5.11 Å². The Morgan fingerprint density at radius 1 is 0.862 bits per heavy atom. The smallest absolute Gasteiger partial charge is 0.433 e. The molecule has 10 nitrogen and oxygen atoms in total. The molecule has 58 heavy (non-hydrogen) atoms. The van der Waals surface area contributed by atoms with Crippen LogP contribution in [0.2, 0.25) is 5.02 Å². The number of hydrogen-bond acceptors (Lipinski definition) is 8. The molecule has 2 aliphatic heterocycles. The summed E-state index contributed by atoms with van der Waals surface area (Å²) in [6.07, 6.45) is -2.97. The second-order valence-corrected chi connectivity index (χ2v) is 15.7. The minimum Gasteiger partial charge on any atom is -0.508 e. The quantitative estimate of drug-likeness (QED) is 0.131. The first-order valence-electron chi connectivity index (χ1n) is 18.8. The molecule has 3 heterocycles. The number of imide groups is 2. The largest absolute Gasteiger partial charge is 0.508 e. The van der Waals surface area contributed by atoms with E-state index >= 15 is 9.59 Å². The number of aromatic hydroxyl groups is 1. The minimum atomic E-state index is -4.82. The van der Waals surface area contributed by atoms with E-state index in [1.165, 1.54) is 7.05 Å². The number of anilines is 2. The van der Waals surface area contributed by atoms with Gasteiger partial charge in [0.15, 0.2) is 5.82 Å². The molecule has 4 aromatic carbocycles. The van der Waals surface area contributed by atoms with Gasteiger partial charge in [0.05, 0.1) is 33.9 Å². The van der Waals surface area contributed by atoms with Crippen molar-refractivity contribution >= 4 is 57.5 Å². The maximum Gasteiger partial charge on any atom is 0.433 e. The number of aromatic nitrogens is 1. The van der Waals surface area contributed by atoms with E-state index in [1.807, 2.05) is 49.4 Å². The second-order valence-electron chi connectivity index (χ2n) is 15.3. The van der Waals surface area contributed by atoms with Crippen LogP contribution >= 0.6 is 11.6 Å². The second kappa shape index (κ2) is 13.4. The molecule has 6 atom stereocenters. The molecular formula is C44H35ClF3N5O5. The number of nitrogens with zero attached hydrogens (tertiary/aromatic N) is 4. The monoisotopic (exact) mass is 805 g/mol. The van der Waals surface area contributed by atoms with Crippen molar-refractivity contribution in [1.82, 2.24) is 15.0 Å². The fourth-order valence-electron chi connectivity index (χ4n) is 9.84. The zero-order valence-electron chi connectivity index (χ0n) is 31.1. The molecule has 1 aromatic heterocycles. The van der Waals surface area contributed by atoms with E-state index in [0.717, 1.165) is 32.0 Å². The number of halogens is 4. The van der Waals surface area contributed by atoms with Crippen LogP contribution in [-0.2, 0) is 30.8 Å². The molecule has 2 N–H and O–H groups in total. The summed E-state index contributed by atoms with van der Waals surface area (Å²) >= 11 is 6.34. The number of carbonyl (C=O) groups excluding carboxylic acids is 4. The van der Waals surface area contributed by atoms with Gasteiger partial charge >= 0.3 is 6.18 Å². The third kappa shape index (κ3) is 5.43. The van der Waals surface area contributed by atoms with Crippen LogP contribution in [0, 0.1) is 30.6 Å². The van der Waals surface area contributed by atoms with E-state index in [9.17, 15) is 27.9 Å². The molecule has 0 radical (unpaired) electrons. The third-order valence-electron chi connectivity index (χ3n) is 12.3. The average Bonchev–Trinajstić information content (AvgIpc) is 3.59. The van der Waals surface area contributed by atoms with Gasteiger partial charge in [-0.3, -0.25) is 29.6 Å².